The molecule has 0 bridgehead atoms. The van der Waals surface area contributed by atoms with E-state index in [1.165, 1.54) is 0 Å². The first kappa shape index (κ1) is 10.4. The Bertz CT molecular complexity index is 545. The van der Waals surface area contributed by atoms with Crippen LogP contribution in [0.15, 0.2) is 22.9 Å². The van der Waals surface area contributed by atoms with Gasteiger partial charge in [0, 0.05) is 11.9 Å². The molecule has 0 spiro atoms. The fourth-order valence-electron chi connectivity index (χ4n) is 2.03. The van der Waals surface area contributed by atoms with Gasteiger partial charge < -0.3 is 10.3 Å². The zero-order valence-corrected chi connectivity index (χ0v) is 9.68. The van der Waals surface area contributed by atoms with E-state index in [0.29, 0.717) is 11.7 Å². The molecular formula is C12H14N4O. The van der Waals surface area contributed by atoms with Gasteiger partial charge in [0.05, 0.1) is 11.1 Å². The van der Waals surface area contributed by atoms with E-state index in [9.17, 15) is 0 Å². The van der Waals surface area contributed by atoms with Crippen LogP contribution in [0.5, 0.6) is 0 Å². The van der Waals surface area contributed by atoms with Crippen molar-refractivity contribution in [3.8, 4) is 11.5 Å². The molecule has 2 N–H and O–H groups in total. The standard InChI is InChI=1S/C12H14N4O/c1-8-9(4-2-7-14-8)10-15-11(16-17-10)12(13)5-3-6-12/h2,4,7H,3,5-6,13H2,1H3. The second kappa shape index (κ2) is 3.63. The van der Waals surface area contributed by atoms with Gasteiger partial charge in [-0.1, -0.05) is 5.16 Å². The first-order valence-corrected chi connectivity index (χ1v) is 5.74. The summed E-state index contributed by atoms with van der Waals surface area (Å²) < 4.78 is 5.27. The summed E-state index contributed by atoms with van der Waals surface area (Å²) in [6.45, 7) is 1.92. The number of nitrogens with zero attached hydrogens (tertiary/aromatic N) is 3. The maximum absolute atomic E-state index is 6.15. The summed E-state index contributed by atoms with van der Waals surface area (Å²) in [4.78, 5) is 8.59. The predicted molar refractivity (Wildman–Crippen MR) is 62.0 cm³/mol. The maximum atomic E-state index is 6.15. The minimum absolute atomic E-state index is 0.377. The van der Waals surface area contributed by atoms with Gasteiger partial charge in [0.2, 0.25) is 0 Å². The fourth-order valence-corrected chi connectivity index (χ4v) is 2.03. The van der Waals surface area contributed by atoms with Crippen molar-refractivity contribution in [2.24, 2.45) is 5.73 Å². The molecule has 5 nitrogen and oxygen atoms in total. The lowest BCUT2D eigenvalue weighted by Gasteiger charge is -2.34. The van der Waals surface area contributed by atoms with Crippen LogP contribution >= 0.6 is 0 Å². The highest BCUT2D eigenvalue weighted by atomic mass is 16.5. The Balaban J connectivity index is 1.98. The molecule has 0 aliphatic heterocycles. The van der Waals surface area contributed by atoms with Crippen LogP contribution in [0.2, 0.25) is 0 Å². The molecule has 2 aromatic rings. The van der Waals surface area contributed by atoms with Crippen LogP contribution in [-0.2, 0) is 5.54 Å². The molecule has 2 heterocycles. The van der Waals surface area contributed by atoms with Gasteiger partial charge in [-0.25, -0.2) is 0 Å². The Labute approximate surface area is 99.1 Å². The number of pyridine rings is 1. The van der Waals surface area contributed by atoms with E-state index in [1.54, 1.807) is 6.20 Å². The van der Waals surface area contributed by atoms with E-state index in [1.807, 2.05) is 19.1 Å². The van der Waals surface area contributed by atoms with Crippen LogP contribution in [0.3, 0.4) is 0 Å². The third kappa shape index (κ3) is 1.63. The molecule has 3 rings (SSSR count). The van der Waals surface area contributed by atoms with Gasteiger partial charge in [-0.15, -0.1) is 0 Å². The molecule has 0 amide bonds. The predicted octanol–water partition coefficient (Wildman–Crippen LogP) is 1.78. The number of aryl methyl sites for hydroxylation is 1. The first-order valence-electron chi connectivity index (χ1n) is 5.74. The zero-order chi connectivity index (χ0) is 11.9. The molecule has 0 saturated heterocycles. The summed E-state index contributed by atoms with van der Waals surface area (Å²) in [6.07, 6.45) is 4.73. The summed E-state index contributed by atoms with van der Waals surface area (Å²) in [5.74, 6) is 1.12. The van der Waals surface area contributed by atoms with Gasteiger partial charge in [-0.2, -0.15) is 4.98 Å². The van der Waals surface area contributed by atoms with Gasteiger partial charge in [-0.05, 0) is 38.3 Å². The van der Waals surface area contributed by atoms with E-state index in [4.69, 9.17) is 10.3 Å². The van der Waals surface area contributed by atoms with E-state index < -0.39 is 0 Å². The van der Waals surface area contributed by atoms with Crippen molar-refractivity contribution in [1.29, 1.82) is 0 Å². The normalized spacial score (nSPS) is 17.8. The van der Waals surface area contributed by atoms with Crippen LogP contribution in [0.25, 0.3) is 11.5 Å². The fraction of sp³-hybridized carbons (Fsp3) is 0.417. The third-order valence-electron chi connectivity index (χ3n) is 3.35. The van der Waals surface area contributed by atoms with Crippen molar-refractivity contribution >= 4 is 0 Å². The molecule has 1 fully saturated rings. The Hall–Kier alpha value is -1.75. The van der Waals surface area contributed by atoms with Crippen molar-refractivity contribution in [2.45, 2.75) is 31.7 Å². The maximum Gasteiger partial charge on any atom is 0.259 e. The Kier molecular flexibility index (Phi) is 2.22. The molecule has 1 aliphatic carbocycles. The topological polar surface area (TPSA) is 77.8 Å². The van der Waals surface area contributed by atoms with Gasteiger partial charge in [0.15, 0.2) is 5.82 Å². The van der Waals surface area contributed by atoms with Crippen LogP contribution in [-0.4, -0.2) is 15.1 Å². The molecule has 0 unspecified atom stereocenters. The highest BCUT2D eigenvalue weighted by molar-refractivity contribution is 5.55. The van der Waals surface area contributed by atoms with Crippen LogP contribution in [0.4, 0.5) is 0 Å². The smallest absolute Gasteiger partial charge is 0.259 e. The van der Waals surface area contributed by atoms with Crippen molar-refractivity contribution < 1.29 is 4.52 Å². The first-order chi connectivity index (χ1) is 8.19. The molecule has 0 atom stereocenters. The van der Waals surface area contributed by atoms with E-state index in [-0.39, 0.29) is 5.54 Å². The number of nitrogens with two attached hydrogens (primary N) is 1. The Morgan fingerprint density at radius 2 is 2.24 bits per heavy atom. The van der Waals surface area contributed by atoms with Crippen LogP contribution in [0.1, 0.15) is 30.8 Å². The molecule has 1 saturated carbocycles. The zero-order valence-electron chi connectivity index (χ0n) is 9.68. The lowest BCUT2D eigenvalue weighted by atomic mass is 9.77. The van der Waals surface area contributed by atoms with Gasteiger partial charge >= 0.3 is 0 Å². The van der Waals surface area contributed by atoms with Crippen molar-refractivity contribution in [3.63, 3.8) is 0 Å². The second-order valence-corrected chi connectivity index (χ2v) is 4.57. The molecule has 1 aliphatic rings. The summed E-state index contributed by atoms with van der Waals surface area (Å²) in [5, 5.41) is 3.99. The molecule has 5 heteroatoms. The third-order valence-corrected chi connectivity index (χ3v) is 3.35. The average molecular weight is 230 g/mol. The Morgan fingerprint density at radius 3 is 2.88 bits per heavy atom. The van der Waals surface area contributed by atoms with Gasteiger partial charge in [0.25, 0.3) is 5.89 Å². The van der Waals surface area contributed by atoms with Gasteiger partial charge in [0.1, 0.15) is 0 Å². The summed E-state index contributed by atoms with van der Waals surface area (Å²) in [7, 11) is 0. The lowest BCUT2D eigenvalue weighted by Crippen LogP contribution is -2.44. The second-order valence-electron chi connectivity index (χ2n) is 4.57. The van der Waals surface area contributed by atoms with Crippen LogP contribution < -0.4 is 5.73 Å². The van der Waals surface area contributed by atoms with E-state index >= 15 is 0 Å². The minimum atomic E-state index is -0.377. The highest BCUT2D eigenvalue weighted by Gasteiger charge is 2.39. The summed E-state index contributed by atoms with van der Waals surface area (Å²) >= 11 is 0. The largest absolute Gasteiger partial charge is 0.334 e. The number of hydrogen-bond acceptors (Lipinski definition) is 5. The number of aromatic nitrogens is 3. The van der Waals surface area contributed by atoms with E-state index in [2.05, 4.69) is 15.1 Å². The Morgan fingerprint density at radius 1 is 1.41 bits per heavy atom. The van der Waals surface area contributed by atoms with Crippen LogP contribution in [0, 0.1) is 6.92 Å². The average Bonchev–Trinajstić information content (AvgIpc) is 2.76. The number of rotatable bonds is 2. The molecule has 88 valence electrons. The molecule has 0 aromatic carbocycles. The SMILES string of the molecule is Cc1ncccc1-c1nc(C2(N)CCC2)no1. The minimum Gasteiger partial charge on any atom is -0.334 e. The van der Waals surface area contributed by atoms with Crippen molar-refractivity contribution in [1.82, 2.24) is 15.1 Å². The lowest BCUT2D eigenvalue weighted by molar-refractivity contribution is 0.229. The molecular weight excluding hydrogens is 216 g/mol. The monoisotopic (exact) mass is 230 g/mol. The van der Waals surface area contributed by atoms with Crippen molar-refractivity contribution in [2.75, 3.05) is 0 Å². The van der Waals surface area contributed by atoms with E-state index in [0.717, 1.165) is 30.5 Å². The quantitative estimate of drug-likeness (QED) is 0.850. The van der Waals surface area contributed by atoms with Gasteiger partial charge in [-0.3, -0.25) is 4.98 Å². The number of hydrogen-bond donors (Lipinski definition) is 1. The molecule has 17 heavy (non-hydrogen) atoms. The highest BCUT2D eigenvalue weighted by Crippen LogP contribution is 2.37. The summed E-state index contributed by atoms with van der Waals surface area (Å²) in [6, 6.07) is 3.78. The molecule has 2 aromatic heterocycles. The van der Waals surface area contributed by atoms with Crippen molar-refractivity contribution in [3.05, 3.63) is 29.8 Å². The summed E-state index contributed by atoms with van der Waals surface area (Å²) in [5.41, 5.74) is 7.52. The molecule has 0 radical (unpaired) electrons.